The van der Waals surface area contributed by atoms with E-state index in [1.54, 1.807) is 10.8 Å². The Kier molecular flexibility index (Phi) is 2.21. The van der Waals surface area contributed by atoms with Crippen molar-refractivity contribution in [3.8, 4) is 0 Å². The highest BCUT2D eigenvalue weighted by atomic mass is 16.2. The maximum Gasteiger partial charge on any atom is 0.328 e. The van der Waals surface area contributed by atoms with Crippen molar-refractivity contribution < 1.29 is 0 Å². The van der Waals surface area contributed by atoms with Gasteiger partial charge in [-0.3, -0.25) is 14.3 Å². The average molecular weight is 228 g/mol. The lowest BCUT2D eigenvalue weighted by Crippen LogP contribution is -2.28. The van der Waals surface area contributed by atoms with E-state index < -0.39 is 0 Å². The monoisotopic (exact) mass is 228 g/mol. The molecule has 0 radical (unpaired) electrons. The third-order valence-corrected chi connectivity index (χ3v) is 3.19. The van der Waals surface area contributed by atoms with Crippen LogP contribution in [0.15, 0.2) is 52.2 Å². The van der Waals surface area contributed by atoms with Crippen LogP contribution < -0.4 is 11.2 Å². The fourth-order valence-electron chi connectivity index (χ4n) is 2.24. The van der Waals surface area contributed by atoms with Crippen LogP contribution in [0.3, 0.4) is 0 Å². The molecule has 1 aromatic heterocycles. The summed E-state index contributed by atoms with van der Waals surface area (Å²) in [7, 11) is 0. The first-order valence-corrected chi connectivity index (χ1v) is 5.62. The molecule has 1 N–H and O–H groups in total. The summed E-state index contributed by atoms with van der Waals surface area (Å²) in [6, 6.07) is 11.7. The van der Waals surface area contributed by atoms with Crippen LogP contribution in [0.25, 0.3) is 0 Å². The number of hydrogen-bond acceptors (Lipinski definition) is 2. The first-order chi connectivity index (χ1) is 8.25. The second kappa shape index (κ2) is 3.73. The zero-order valence-corrected chi connectivity index (χ0v) is 9.17. The van der Waals surface area contributed by atoms with Crippen molar-refractivity contribution in [2.24, 2.45) is 0 Å². The molecular formula is C13H12N2O2. The molecule has 1 saturated carbocycles. The Balaban J connectivity index is 1.90. The third-order valence-electron chi connectivity index (χ3n) is 3.19. The summed E-state index contributed by atoms with van der Waals surface area (Å²) in [6.07, 6.45) is 2.53. The molecule has 2 aromatic rings. The van der Waals surface area contributed by atoms with Gasteiger partial charge < -0.3 is 0 Å². The number of benzene rings is 1. The lowest BCUT2D eigenvalue weighted by molar-refractivity contribution is 0.658. The largest absolute Gasteiger partial charge is 0.328 e. The predicted molar refractivity (Wildman–Crippen MR) is 64.2 cm³/mol. The second-order valence-corrected chi connectivity index (χ2v) is 4.34. The van der Waals surface area contributed by atoms with Crippen LogP contribution in [0.4, 0.5) is 0 Å². The van der Waals surface area contributed by atoms with Crippen molar-refractivity contribution in [1.29, 1.82) is 0 Å². The van der Waals surface area contributed by atoms with Crippen molar-refractivity contribution in [2.75, 3.05) is 0 Å². The Morgan fingerprint density at radius 1 is 1.12 bits per heavy atom. The molecule has 0 amide bonds. The zero-order chi connectivity index (χ0) is 11.8. The summed E-state index contributed by atoms with van der Waals surface area (Å²) in [6.45, 7) is 0. The molecule has 1 heterocycles. The van der Waals surface area contributed by atoms with Crippen LogP contribution in [0.5, 0.6) is 0 Å². The average Bonchev–Trinajstić information content (AvgIpc) is 3.10. The van der Waals surface area contributed by atoms with Gasteiger partial charge in [0, 0.05) is 24.2 Å². The van der Waals surface area contributed by atoms with Gasteiger partial charge in [-0.15, -0.1) is 0 Å². The van der Waals surface area contributed by atoms with E-state index >= 15 is 0 Å². The molecule has 0 saturated heterocycles. The maximum atomic E-state index is 11.6. The van der Waals surface area contributed by atoms with Crippen molar-refractivity contribution in [2.45, 2.75) is 18.4 Å². The zero-order valence-electron chi connectivity index (χ0n) is 9.17. The highest BCUT2D eigenvalue weighted by Gasteiger charge is 2.40. The minimum absolute atomic E-state index is 0.182. The van der Waals surface area contributed by atoms with Gasteiger partial charge in [-0.05, 0) is 12.0 Å². The van der Waals surface area contributed by atoms with E-state index in [1.807, 2.05) is 18.2 Å². The lowest BCUT2D eigenvalue weighted by atomic mass is 10.1. The summed E-state index contributed by atoms with van der Waals surface area (Å²) in [4.78, 5) is 24.9. The van der Waals surface area contributed by atoms with E-state index in [9.17, 15) is 9.59 Å². The Morgan fingerprint density at radius 3 is 2.59 bits per heavy atom. The molecule has 2 atom stereocenters. The second-order valence-electron chi connectivity index (χ2n) is 4.34. The Labute approximate surface area is 97.5 Å². The molecule has 0 unspecified atom stereocenters. The van der Waals surface area contributed by atoms with E-state index in [0.717, 1.165) is 6.42 Å². The molecule has 1 fully saturated rings. The molecule has 0 aliphatic heterocycles. The predicted octanol–water partition coefficient (Wildman–Crippen LogP) is 1.27. The van der Waals surface area contributed by atoms with Crippen LogP contribution >= 0.6 is 0 Å². The lowest BCUT2D eigenvalue weighted by Gasteiger charge is -2.03. The molecule has 0 spiro atoms. The van der Waals surface area contributed by atoms with Crippen LogP contribution in [0.1, 0.15) is 23.9 Å². The standard InChI is InChI=1S/C13H12N2O2/c16-12-6-7-15(13(17)14-12)11-8-10(11)9-4-2-1-3-5-9/h1-7,10-11H,8H2,(H,14,16,17)/t10-,11+/m1/s1. The molecule has 17 heavy (non-hydrogen) atoms. The molecule has 3 rings (SSSR count). The Bertz CT molecular complexity index is 642. The van der Waals surface area contributed by atoms with Gasteiger partial charge in [0.2, 0.25) is 0 Å². The fourth-order valence-corrected chi connectivity index (χ4v) is 2.24. The van der Waals surface area contributed by atoms with E-state index in [1.165, 1.54) is 11.6 Å². The normalized spacial score (nSPS) is 22.4. The quantitative estimate of drug-likeness (QED) is 0.841. The number of nitrogens with zero attached hydrogens (tertiary/aromatic N) is 1. The van der Waals surface area contributed by atoms with Gasteiger partial charge in [-0.1, -0.05) is 30.3 Å². The van der Waals surface area contributed by atoms with Gasteiger partial charge in [0.25, 0.3) is 5.56 Å². The van der Waals surface area contributed by atoms with E-state index in [4.69, 9.17) is 0 Å². The van der Waals surface area contributed by atoms with Crippen molar-refractivity contribution >= 4 is 0 Å². The van der Waals surface area contributed by atoms with Crippen LogP contribution in [-0.4, -0.2) is 9.55 Å². The van der Waals surface area contributed by atoms with Gasteiger partial charge in [-0.2, -0.15) is 0 Å². The number of H-pyrrole nitrogens is 1. The highest BCUT2D eigenvalue weighted by molar-refractivity contribution is 5.26. The fraction of sp³-hybridized carbons (Fsp3) is 0.231. The number of aromatic amines is 1. The summed E-state index contributed by atoms with van der Waals surface area (Å²) in [5, 5.41) is 0. The van der Waals surface area contributed by atoms with Crippen molar-refractivity contribution in [1.82, 2.24) is 9.55 Å². The van der Waals surface area contributed by atoms with Crippen LogP contribution in [0, 0.1) is 0 Å². The Morgan fingerprint density at radius 2 is 1.88 bits per heavy atom. The minimum atomic E-state index is -0.344. The number of nitrogens with one attached hydrogen (secondary N) is 1. The number of hydrogen-bond donors (Lipinski definition) is 1. The topological polar surface area (TPSA) is 54.9 Å². The molecule has 1 aliphatic carbocycles. The molecule has 0 bridgehead atoms. The molecule has 1 aliphatic rings. The molecule has 86 valence electrons. The van der Waals surface area contributed by atoms with Crippen LogP contribution in [0.2, 0.25) is 0 Å². The summed E-state index contributed by atoms with van der Waals surface area (Å²) in [5.41, 5.74) is 0.583. The van der Waals surface area contributed by atoms with E-state index in [-0.39, 0.29) is 17.3 Å². The van der Waals surface area contributed by atoms with Crippen LogP contribution in [-0.2, 0) is 0 Å². The van der Waals surface area contributed by atoms with Gasteiger partial charge in [-0.25, -0.2) is 4.79 Å². The van der Waals surface area contributed by atoms with Crippen molar-refractivity contribution in [3.63, 3.8) is 0 Å². The van der Waals surface area contributed by atoms with Gasteiger partial charge in [0.05, 0.1) is 0 Å². The molecule has 1 aromatic carbocycles. The number of rotatable bonds is 2. The minimum Gasteiger partial charge on any atom is -0.297 e. The first-order valence-electron chi connectivity index (χ1n) is 5.62. The number of aromatic nitrogens is 2. The van der Waals surface area contributed by atoms with Gasteiger partial charge >= 0.3 is 5.69 Å². The summed E-state index contributed by atoms with van der Waals surface area (Å²) >= 11 is 0. The smallest absolute Gasteiger partial charge is 0.297 e. The summed E-state index contributed by atoms with van der Waals surface area (Å²) in [5.74, 6) is 0.389. The molecule has 4 nitrogen and oxygen atoms in total. The maximum absolute atomic E-state index is 11.6. The third kappa shape index (κ3) is 1.82. The molecular weight excluding hydrogens is 216 g/mol. The summed E-state index contributed by atoms with van der Waals surface area (Å²) < 4.78 is 1.61. The van der Waals surface area contributed by atoms with E-state index in [2.05, 4.69) is 17.1 Å². The SMILES string of the molecule is O=c1ccn([C@H]2C[C@@H]2c2ccccc2)c(=O)[nH]1. The van der Waals surface area contributed by atoms with E-state index in [0.29, 0.717) is 5.92 Å². The highest BCUT2D eigenvalue weighted by Crippen LogP contribution is 2.50. The first kappa shape index (κ1) is 10.1. The van der Waals surface area contributed by atoms with Crippen molar-refractivity contribution in [3.05, 3.63) is 69.0 Å². The van der Waals surface area contributed by atoms with Gasteiger partial charge in [0.15, 0.2) is 0 Å². The molecule has 4 heteroatoms. The Hall–Kier alpha value is -2.10. The van der Waals surface area contributed by atoms with Gasteiger partial charge in [0.1, 0.15) is 0 Å².